The number of carbonyl (C=O) groups is 1. The molecule has 1 aromatic rings. The predicted molar refractivity (Wildman–Crippen MR) is 51.3 cm³/mol. The van der Waals surface area contributed by atoms with Crippen molar-refractivity contribution in [2.24, 2.45) is 0 Å². The van der Waals surface area contributed by atoms with Gasteiger partial charge in [-0.05, 0) is 13.0 Å². The number of nitrogens with zero attached hydrogens (tertiary/aromatic N) is 1. The van der Waals surface area contributed by atoms with Crippen LogP contribution in [-0.2, 0) is 0 Å². The number of nitro benzene ring substituents is 1. The van der Waals surface area contributed by atoms with Crippen LogP contribution >= 0.6 is 0 Å². The fourth-order valence-corrected chi connectivity index (χ4v) is 1.09. The Bertz CT molecular complexity index is 402. The second-order valence-electron chi connectivity index (χ2n) is 2.69. The number of ether oxygens (including phenoxy) is 1. The Balaban J connectivity index is 3.31. The first-order valence-corrected chi connectivity index (χ1v) is 4.19. The molecule has 0 heterocycles. The van der Waals surface area contributed by atoms with Gasteiger partial charge in [-0.25, -0.2) is 0 Å². The summed E-state index contributed by atoms with van der Waals surface area (Å²) in [5.74, 6) is -0.456. The molecule has 0 amide bonds. The fourth-order valence-electron chi connectivity index (χ4n) is 1.09. The summed E-state index contributed by atoms with van der Waals surface area (Å²) in [6.07, 6.45) is 0.338. The maximum absolute atomic E-state index is 10.5. The molecule has 0 radical (unpaired) electrons. The summed E-state index contributed by atoms with van der Waals surface area (Å²) in [6.45, 7) is 2.03. The van der Waals surface area contributed by atoms with Crippen LogP contribution in [0, 0.1) is 10.1 Å². The molecule has 0 aliphatic carbocycles. The van der Waals surface area contributed by atoms with Gasteiger partial charge in [0, 0.05) is 0 Å². The number of nitro groups is 1. The van der Waals surface area contributed by atoms with Crippen molar-refractivity contribution in [2.45, 2.75) is 6.92 Å². The third-order valence-electron chi connectivity index (χ3n) is 1.73. The number of phenolic OH excluding ortho intramolecular Hbond substituents is 1. The Kier molecular flexibility index (Phi) is 3.22. The highest BCUT2D eigenvalue weighted by atomic mass is 16.6. The Labute approximate surface area is 85.2 Å². The lowest BCUT2D eigenvalue weighted by Gasteiger charge is -2.05. The van der Waals surface area contributed by atoms with E-state index in [1.165, 1.54) is 6.07 Å². The number of phenols is 1. The van der Waals surface area contributed by atoms with Crippen molar-refractivity contribution in [1.29, 1.82) is 0 Å². The number of aromatic hydroxyl groups is 1. The quantitative estimate of drug-likeness (QED) is 0.463. The second kappa shape index (κ2) is 4.41. The van der Waals surface area contributed by atoms with Crippen LogP contribution in [0.5, 0.6) is 11.5 Å². The molecule has 0 aromatic heterocycles. The second-order valence-corrected chi connectivity index (χ2v) is 2.69. The SMILES string of the molecule is CCOc1cc(C=O)c(O)c([N+](=O)[O-])c1. The summed E-state index contributed by atoms with van der Waals surface area (Å²) < 4.78 is 5.02. The van der Waals surface area contributed by atoms with Crippen LogP contribution in [0.2, 0.25) is 0 Å². The van der Waals surface area contributed by atoms with E-state index in [-0.39, 0.29) is 11.3 Å². The van der Waals surface area contributed by atoms with Crippen LogP contribution in [0.4, 0.5) is 5.69 Å². The molecule has 15 heavy (non-hydrogen) atoms. The standard InChI is InChI=1S/C9H9NO5/c1-2-15-7-3-6(5-11)9(12)8(4-7)10(13)14/h3-5,12H,2H2,1H3. The molecule has 0 fully saturated rings. The first-order chi connectivity index (χ1) is 7.10. The maximum Gasteiger partial charge on any atom is 0.315 e. The zero-order valence-electron chi connectivity index (χ0n) is 7.97. The van der Waals surface area contributed by atoms with Gasteiger partial charge in [-0.2, -0.15) is 0 Å². The third kappa shape index (κ3) is 2.22. The summed E-state index contributed by atoms with van der Waals surface area (Å²) in [5, 5.41) is 19.8. The smallest absolute Gasteiger partial charge is 0.315 e. The van der Waals surface area contributed by atoms with Gasteiger partial charge in [0.1, 0.15) is 5.75 Å². The Morgan fingerprint density at radius 3 is 2.73 bits per heavy atom. The summed E-state index contributed by atoms with van der Waals surface area (Å²) in [6, 6.07) is 2.32. The number of carbonyl (C=O) groups excluding carboxylic acids is 1. The molecule has 0 saturated heterocycles. The van der Waals surface area contributed by atoms with E-state index in [1.807, 2.05) is 0 Å². The average molecular weight is 211 g/mol. The van der Waals surface area contributed by atoms with Crippen molar-refractivity contribution in [2.75, 3.05) is 6.61 Å². The molecule has 0 atom stereocenters. The van der Waals surface area contributed by atoms with E-state index in [0.29, 0.717) is 12.9 Å². The van der Waals surface area contributed by atoms with Crippen LogP contribution in [0.15, 0.2) is 12.1 Å². The van der Waals surface area contributed by atoms with Gasteiger partial charge in [0.15, 0.2) is 6.29 Å². The van der Waals surface area contributed by atoms with Crippen LogP contribution in [-0.4, -0.2) is 22.9 Å². The predicted octanol–water partition coefficient (Wildman–Crippen LogP) is 1.51. The van der Waals surface area contributed by atoms with Gasteiger partial charge in [0.2, 0.25) is 5.75 Å². The van der Waals surface area contributed by atoms with E-state index >= 15 is 0 Å². The Hall–Kier alpha value is -2.11. The molecule has 0 aliphatic heterocycles. The number of benzene rings is 1. The molecule has 0 spiro atoms. The molecular formula is C9H9NO5. The number of hydrogen-bond acceptors (Lipinski definition) is 5. The van der Waals surface area contributed by atoms with E-state index in [4.69, 9.17) is 4.74 Å². The highest BCUT2D eigenvalue weighted by Crippen LogP contribution is 2.33. The van der Waals surface area contributed by atoms with Crippen molar-refractivity contribution >= 4 is 12.0 Å². The average Bonchev–Trinajstić information content (AvgIpc) is 2.20. The van der Waals surface area contributed by atoms with Crippen molar-refractivity contribution in [3.8, 4) is 11.5 Å². The highest BCUT2D eigenvalue weighted by molar-refractivity contribution is 5.83. The Morgan fingerprint density at radius 1 is 1.60 bits per heavy atom. The van der Waals surface area contributed by atoms with Crippen molar-refractivity contribution in [3.05, 3.63) is 27.8 Å². The molecule has 0 bridgehead atoms. The van der Waals surface area contributed by atoms with E-state index < -0.39 is 16.4 Å². The Morgan fingerprint density at radius 2 is 2.27 bits per heavy atom. The van der Waals surface area contributed by atoms with E-state index in [2.05, 4.69) is 0 Å². The van der Waals surface area contributed by atoms with Crippen LogP contribution in [0.25, 0.3) is 0 Å². The molecule has 6 nitrogen and oxygen atoms in total. The summed E-state index contributed by atoms with van der Waals surface area (Å²) >= 11 is 0. The maximum atomic E-state index is 10.5. The molecule has 0 saturated carbocycles. The number of hydrogen-bond donors (Lipinski definition) is 1. The lowest BCUT2D eigenvalue weighted by Crippen LogP contribution is -1.97. The lowest BCUT2D eigenvalue weighted by molar-refractivity contribution is -0.386. The van der Waals surface area contributed by atoms with E-state index in [1.54, 1.807) is 6.92 Å². The zero-order valence-corrected chi connectivity index (χ0v) is 7.97. The number of aldehydes is 1. The first-order valence-electron chi connectivity index (χ1n) is 4.19. The van der Waals surface area contributed by atoms with Crippen LogP contribution < -0.4 is 4.74 Å². The zero-order chi connectivity index (χ0) is 11.4. The minimum atomic E-state index is -0.773. The van der Waals surface area contributed by atoms with Crippen molar-refractivity contribution in [1.82, 2.24) is 0 Å². The largest absolute Gasteiger partial charge is 0.502 e. The topological polar surface area (TPSA) is 89.7 Å². The minimum Gasteiger partial charge on any atom is -0.502 e. The van der Waals surface area contributed by atoms with Gasteiger partial charge in [-0.15, -0.1) is 0 Å². The minimum absolute atomic E-state index is 0.160. The van der Waals surface area contributed by atoms with Gasteiger partial charge in [0.25, 0.3) is 0 Å². The van der Waals surface area contributed by atoms with Crippen molar-refractivity contribution in [3.63, 3.8) is 0 Å². The lowest BCUT2D eigenvalue weighted by atomic mass is 10.2. The molecule has 1 rings (SSSR count). The van der Waals surface area contributed by atoms with E-state index in [0.717, 1.165) is 6.07 Å². The highest BCUT2D eigenvalue weighted by Gasteiger charge is 2.19. The summed E-state index contributed by atoms with van der Waals surface area (Å²) in [4.78, 5) is 20.3. The summed E-state index contributed by atoms with van der Waals surface area (Å²) in [5.41, 5.74) is -0.698. The molecule has 0 aliphatic rings. The molecule has 1 aromatic carbocycles. The van der Waals surface area contributed by atoms with Crippen LogP contribution in [0.1, 0.15) is 17.3 Å². The normalized spacial score (nSPS) is 9.67. The monoisotopic (exact) mass is 211 g/mol. The number of rotatable bonds is 4. The fraction of sp³-hybridized carbons (Fsp3) is 0.222. The van der Waals surface area contributed by atoms with Gasteiger partial charge in [-0.3, -0.25) is 14.9 Å². The van der Waals surface area contributed by atoms with Gasteiger partial charge < -0.3 is 9.84 Å². The van der Waals surface area contributed by atoms with E-state index in [9.17, 15) is 20.0 Å². The summed E-state index contributed by atoms with van der Waals surface area (Å²) in [7, 11) is 0. The molecule has 80 valence electrons. The van der Waals surface area contributed by atoms with Gasteiger partial charge >= 0.3 is 5.69 Å². The molecule has 1 N–H and O–H groups in total. The molecule has 0 unspecified atom stereocenters. The van der Waals surface area contributed by atoms with Crippen molar-refractivity contribution < 1.29 is 19.6 Å². The molecule has 6 heteroatoms. The van der Waals surface area contributed by atoms with Gasteiger partial charge in [0.05, 0.1) is 23.2 Å². The molecular weight excluding hydrogens is 202 g/mol. The van der Waals surface area contributed by atoms with Gasteiger partial charge in [-0.1, -0.05) is 0 Å². The van der Waals surface area contributed by atoms with Crippen LogP contribution in [0.3, 0.4) is 0 Å². The first kappa shape index (κ1) is 11.0. The third-order valence-corrected chi connectivity index (χ3v) is 1.73.